The van der Waals surface area contributed by atoms with Crippen LogP contribution < -0.4 is 0 Å². The third kappa shape index (κ3) is 2.21. The van der Waals surface area contributed by atoms with Crippen LogP contribution >= 0.6 is 0 Å². The van der Waals surface area contributed by atoms with E-state index in [0.717, 1.165) is 0 Å². The summed E-state index contributed by atoms with van der Waals surface area (Å²) in [5.41, 5.74) is 2.37. The molecule has 84 valence electrons. The highest BCUT2D eigenvalue weighted by Gasteiger charge is 2.24. The van der Waals surface area contributed by atoms with Crippen LogP contribution in [0.5, 0.6) is 0 Å². The van der Waals surface area contributed by atoms with Crippen molar-refractivity contribution in [1.82, 2.24) is 0 Å². The summed E-state index contributed by atoms with van der Waals surface area (Å²) in [6.45, 7) is 2.46. The molecule has 1 aliphatic heterocycles. The van der Waals surface area contributed by atoms with Crippen molar-refractivity contribution in [3.05, 3.63) is 35.4 Å². The Morgan fingerprint density at radius 2 is 2.31 bits per heavy atom. The van der Waals surface area contributed by atoms with Crippen molar-refractivity contribution in [2.75, 3.05) is 6.54 Å². The number of carbonyl (C=O) groups is 1. The molecule has 1 N–H and O–H groups in total. The van der Waals surface area contributed by atoms with Gasteiger partial charge in [0, 0.05) is 6.42 Å². The van der Waals surface area contributed by atoms with Gasteiger partial charge in [-0.3, -0.25) is 0 Å². The molecule has 0 fully saturated rings. The van der Waals surface area contributed by atoms with Crippen molar-refractivity contribution in [3.8, 4) is 0 Å². The predicted molar refractivity (Wildman–Crippen MR) is 59.7 cm³/mol. The first-order valence-corrected chi connectivity index (χ1v) is 5.15. The van der Waals surface area contributed by atoms with E-state index in [9.17, 15) is 4.79 Å². The second-order valence-electron chi connectivity index (χ2n) is 3.82. The zero-order valence-electron chi connectivity index (χ0n) is 9.01. The van der Waals surface area contributed by atoms with Gasteiger partial charge >= 0.3 is 5.97 Å². The zero-order valence-corrected chi connectivity index (χ0v) is 9.01. The van der Waals surface area contributed by atoms with Gasteiger partial charge in [-0.15, -0.1) is 0 Å². The molecule has 1 aromatic carbocycles. The molecule has 0 bridgehead atoms. The van der Waals surface area contributed by atoms with E-state index in [4.69, 9.17) is 9.84 Å². The molecule has 1 aliphatic rings. The summed E-state index contributed by atoms with van der Waals surface area (Å²) in [5, 5.41) is 8.70. The van der Waals surface area contributed by atoms with E-state index in [0.29, 0.717) is 13.0 Å². The molecule has 1 heterocycles. The van der Waals surface area contributed by atoms with Gasteiger partial charge < -0.3 is 9.84 Å². The standard InChI is InChI=1S/C12H13NO3/c1-8-4-2-3-5-9(8)6-10-7-13-11(16-10)12(14)15/h2-5,10H,6-7H2,1H3,(H,14,15). The number of aliphatic carboxylic acids is 1. The van der Waals surface area contributed by atoms with Gasteiger partial charge in [0.25, 0.3) is 5.90 Å². The molecule has 0 spiro atoms. The van der Waals surface area contributed by atoms with Crippen LogP contribution in [-0.4, -0.2) is 29.6 Å². The van der Waals surface area contributed by atoms with Crippen LogP contribution in [0.1, 0.15) is 11.1 Å². The Bertz CT molecular complexity index is 440. The largest absolute Gasteiger partial charge is 0.474 e. The monoisotopic (exact) mass is 219 g/mol. The summed E-state index contributed by atoms with van der Waals surface area (Å²) in [6, 6.07) is 8.00. The molecule has 1 unspecified atom stereocenters. The highest BCUT2D eigenvalue weighted by molar-refractivity contribution is 6.32. The molecule has 1 atom stereocenters. The molecule has 1 aromatic rings. The number of ether oxygens (including phenoxy) is 1. The number of aliphatic imine (C=N–C) groups is 1. The third-order valence-electron chi connectivity index (χ3n) is 2.61. The number of aryl methyl sites for hydroxylation is 1. The van der Waals surface area contributed by atoms with E-state index in [1.54, 1.807) is 0 Å². The van der Waals surface area contributed by atoms with Gasteiger partial charge in [-0.1, -0.05) is 24.3 Å². The summed E-state index contributed by atoms with van der Waals surface area (Å²) in [5.74, 6) is -1.26. The van der Waals surface area contributed by atoms with Crippen molar-refractivity contribution in [2.45, 2.75) is 19.4 Å². The van der Waals surface area contributed by atoms with Crippen LogP contribution in [-0.2, 0) is 16.0 Å². The maximum atomic E-state index is 10.6. The lowest BCUT2D eigenvalue weighted by molar-refractivity contribution is -0.131. The average molecular weight is 219 g/mol. The van der Waals surface area contributed by atoms with Crippen molar-refractivity contribution < 1.29 is 14.6 Å². The molecule has 0 aliphatic carbocycles. The number of carboxylic acids is 1. The minimum Gasteiger partial charge on any atom is -0.474 e. The van der Waals surface area contributed by atoms with E-state index < -0.39 is 5.97 Å². The summed E-state index contributed by atoms with van der Waals surface area (Å²) in [4.78, 5) is 14.4. The molecule has 16 heavy (non-hydrogen) atoms. The normalized spacial score (nSPS) is 19.1. The summed E-state index contributed by atoms with van der Waals surface area (Å²) in [7, 11) is 0. The Labute approximate surface area is 93.6 Å². The van der Waals surface area contributed by atoms with E-state index >= 15 is 0 Å². The molecule has 0 aromatic heterocycles. The molecular formula is C12H13NO3. The van der Waals surface area contributed by atoms with Gasteiger partial charge in [-0.2, -0.15) is 0 Å². The number of carboxylic acid groups (broad SMARTS) is 1. The third-order valence-corrected chi connectivity index (χ3v) is 2.61. The van der Waals surface area contributed by atoms with E-state index in [2.05, 4.69) is 4.99 Å². The van der Waals surface area contributed by atoms with Gasteiger partial charge in [0.1, 0.15) is 6.10 Å². The SMILES string of the molecule is Cc1ccccc1CC1CN=C(C(=O)O)O1. The topological polar surface area (TPSA) is 58.9 Å². The smallest absolute Gasteiger partial charge is 0.391 e. The predicted octanol–water partition coefficient (Wildman–Crippen LogP) is 1.42. The molecule has 0 saturated heterocycles. The number of benzene rings is 1. The lowest BCUT2D eigenvalue weighted by atomic mass is 10.0. The summed E-state index contributed by atoms with van der Waals surface area (Å²) >= 11 is 0. The maximum absolute atomic E-state index is 10.6. The Hall–Kier alpha value is -1.84. The lowest BCUT2D eigenvalue weighted by Gasteiger charge is -2.11. The van der Waals surface area contributed by atoms with Crippen molar-refractivity contribution >= 4 is 11.9 Å². The fourth-order valence-electron chi connectivity index (χ4n) is 1.73. The first-order valence-electron chi connectivity index (χ1n) is 5.15. The first kappa shape index (κ1) is 10.7. The van der Waals surface area contributed by atoms with Crippen LogP contribution in [0.2, 0.25) is 0 Å². The van der Waals surface area contributed by atoms with Crippen molar-refractivity contribution in [1.29, 1.82) is 0 Å². The van der Waals surface area contributed by atoms with Gasteiger partial charge in [-0.05, 0) is 18.1 Å². The molecule has 4 nitrogen and oxygen atoms in total. The minimum atomic E-state index is -1.09. The molecule has 0 amide bonds. The molecule has 4 heteroatoms. The van der Waals surface area contributed by atoms with Crippen LogP contribution in [0.4, 0.5) is 0 Å². The van der Waals surface area contributed by atoms with Gasteiger partial charge in [-0.25, -0.2) is 9.79 Å². The van der Waals surface area contributed by atoms with E-state index in [1.807, 2.05) is 31.2 Å². The second-order valence-corrected chi connectivity index (χ2v) is 3.82. The summed E-state index contributed by atoms with van der Waals surface area (Å²) < 4.78 is 5.23. The molecule has 0 radical (unpaired) electrons. The fourth-order valence-corrected chi connectivity index (χ4v) is 1.73. The molecule has 2 rings (SSSR count). The Morgan fingerprint density at radius 3 is 2.94 bits per heavy atom. The van der Waals surface area contributed by atoms with Crippen molar-refractivity contribution in [3.63, 3.8) is 0 Å². The summed E-state index contributed by atoms with van der Waals surface area (Å²) in [6.07, 6.45) is 0.555. The van der Waals surface area contributed by atoms with Crippen LogP contribution in [0, 0.1) is 6.92 Å². The minimum absolute atomic E-state index is 0.146. The van der Waals surface area contributed by atoms with Gasteiger partial charge in [0.15, 0.2) is 0 Å². The van der Waals surface area contributed by atoms with E-state index in [1.165, 1.54) is 11.1 Å². The zero-order chi connectivity index (χ0) is 11.5. The van der Waals surface area contributed by atoms with Crippen molar-refractivity contribution in [2.24, 2.45) is 4.99 Å². The average Bonchev–Trinajstić information content (AvgIpc) is 2.70. The second kappa shape index (κ2) is 4.35. The number of rotatable bonds is 3. The quantitative estimate of drug-likeness (QED) is 0.836. The van der Waals surface area contributed by atoms with Crippen LogP contribution in [0.15, 0.2) is 29.3 Å². The highest BCUT2D eigenvalue weighted by Crippen LogP contribution is 2.15. The number of hydrogen-bond acceptors (Lipinski definition) is 3. The highest BCUT2D eigenvalue weighted by atomic mass is 16.5. The first-order chi connectivity index (χ1) is 7.66. The molecular weight excluding hydrogens is 206 g/mol. The lowest BCUT2D eigenvalue weighted by Crippen LogP contribution is -2.20. The van der Waals surface area contributed by atoms with Crippen LogP contribution in [0.25, 0.3) is 0 Å². The Morgan fingerprint density at radius 1 is 1.56 bits per heavy atom. The van der Waals surface area contributed by atoms with E-state index in [-0.39, 0.29) is 12.0 Å². The number of nitrogens with zero attached hydrogens (tertiary/aromatic N) is 1. The molecule has 0 saturated carbocycles. The Balaban J connectivity index is 1.99. The van der Waals surface area contributed by atoms with Crippen LogP contribution in [0.3, 0.4) is 0 Å². The Kier molecular flexibility index (Phi) is 2.90. The van der Waals surface area contributed by atoms with Gasteiger partial charge in [0.05, 0.1) is 6.54 Å². The maximum Gasteiger partial charge on any atom is 0.391 e. The number of hydrogen-bond donors (Lipinski definition) is 1. The van der Waals surface area contributed by atoms with Gasteiger partial charge in [0.2, 0.25) is 0 Å². The fraction of sp³-hybridized carbons (Fsp3) is 0.333.